The van der Waals surface area contributed by atoms with Gasteiger partial charge in [-0.25, -0.2) is 0 Å². The van der Waals surface area contributed by atoms with Gasteiger partial charge in [0, 0.05) is 26.1 Å². The van der Waals surface area contributed by atoms with Gasteiger partial charge in [0.25, 0.3) is 0 Å². The zero-order valence-corrected chi connectivity index (χ0v) is 17.9. The summed E-state index contributed by atoms with van der Waals surface area (Å²) < 4.78 is 5.68. The van der Waals surface area contributed by atoms with Crippen LogP contribution in [0, 0.1) is 5.41 Å². The van der Waals surface area contributed by atoms with Crippen molar-refractivity contribution in [2.75, 3.05) is 27.2 Å². The van der Waals surface area contributed by atoms with Crippen molar-refractivity contribution in [3.05, 3.63) is 29.8 Å². The molecule has 3 N–H and O–H groups in total. The first-order valence-corrected chi connectivity index (χ1v) is 9.02. The summed E-state index contributed by atoms with van der Waals surface area (Å²) in [7, 11) is 3.62. The van der Waals surface area contributed by atoms with Crippen LogP contribution in [-0.2, 0) is 4.79 Å². The predicted molar refractivity (Wildman–Crippen MR) is 114 cm³/mol. The number of nitrogens with two attached hydrogens (primary N) is 1. The van der Waals surface area contributed by atoms with Crippen molar-refractivity contribution in [1.82, 2.24) is 10.2 Å². The second-order valence-electron chi connectivity index (χ2n) is 7.26. The SMILES string of the molecule is CN(C)C(=O)C1(CN=C(N)NC2CCOc3ccccc32)CCCC1.I. The smallest absolute Gasteiger partial charge is 0.230 e. The molecule has 1 aromatic rings. The summed E-state index contributed by atoms with van der Waals surface area (Å²) in [5.74, 6) is 1.46. The summed E-state index contributed by atoms with van der Waals surface area (Å²) in [5, 5.41) is 3.31. The maximum Gasteiger partial charge on any atom is 0.230 e. The van der Waals surface area contributed by atoms with Crippen molar-refractivity contribution >= 4 is 35.8 Å². The highest BCUT2D eigenvalue weighted by molar-refractivity contribution is 14.0. The van der Waals surface area contributed by atoms with Crippen LogP contribution in [0.15, 0.2) is 29.3 Å². The van der Waals surface area contributed by atoms with Crippen molar-refractivity contribution in [1.29, 1.82) is 0 Å². The van der Waals surface area contributed by atoms with E-state index in [1.54, 1.807) is 4.90 Å². The molecule has 0 spiro atoms. The number of halogens is 1. The van der Waals surface area contributed by atoms with Crippen LogP contribution in [-0.4, -0.2) is 44.0 Å². The molecule has 0 aromatic heterocycles. The monoisotopic (exact) mass is 472 g/mol. The molecule has 1 unspecified atom stereocenters. The van der Waals surface area contributed by atoms with Gasteiger partial charge < -0.3 is 20.7 Å². The molecule has 0 bridgehead atoms. The van der Waals surface area contributed by atoms with Gasteiger partial charge in [-0.3, -0.25) is 9.79 Å². The van der Waals surface area contributed by atoms with E-state index in [-0.39, 0.29) is 41.3 Å². The van der Waals surface area contributed by atoms with Crippen LogP contribution in [0.25, 0.3) is 0 Å². The lowest BCUT2D eigenvalue weighted by molar-refractivity contribution is -0.138. The number of nitrogens with one attached hydrogen (secondary N) is 1. The fourth-order valence-corrected chi connectivity index (χ4v) is 3.92. The number of carbonyl (C=O) groups is 1. The standard InChI is InChI=1S/C19H28N4O2.HI/c1-23(2)17(24)19(10-5-6-11-19)13-21-18(20)22-15-9-12-25-16-8-4-3-7-14(15)16;/h3-4,7-8,15H,5-6,9-13H2,1-2H3,(H3,20,21,22);1H. The van der Waals surface area contributed by atoms with E-state index in [0.717, 1.165) is 43.4 Å². The van der Waals surface area contributed by atoms with Crippen molar-refractivity contribution in [2.24, 2.45) is 16.1 Å². The number of guanidine groups is 1. The summed E-state index contributed by atoms with van der Waals surface area (Å²) in [6, 6.07) is 8.08. The number of rotatable bonds is 4. The number of amides is 1. The van der Waals surface area contributed by atoms with Crippen LogP contribution in [0.5, 0.6) is 5.75 Å². The number of hydrogen-bond donors (Lipinski definition) is 2. The predicted octanol–water partition coefficient (Wildman–Crippen LogP) is 2.68. The third-order valence-electron chi connectivity index (χ3n) is 5.25. The van der Waals surface area contributed by atoms with Gasteiger partial charge in [0.15, 0.2) is 5.96 Å². The number of carbonyl (C=O) groups excluding carboxylic acids is 1. The van der Waals surface area contributed by atoms with E-state index in [1.165, 1.54) is 0 Å². The first-order valence-electron chi connectivity index (χ1n) is 9.02. The van der Waals surface area contributed by atoms with Crippen LogP contribution >= 0.6 is 24.0 Å². The number of para-hydroxylation sites is 1. The van der Waals surface area contributed by atoms with Crippen LogP contribution in [0.1, 0.15) is 43.7 Å². The summed E-state index contributed by atoms with van der Waals surface area (Å²) in [4.78, 5) is 18.8. The highest BCUT2D eigenvalue weighted by atomic mass is 127. The molecule has 3 rings (SSSR count). The lowest BCUT2D eigenvalue weighted by Gasteiger charge is -2.30. The van der Waals surface area contributed by atoms with Gasteiger partial charge in [0.2, 0.25) is 5.91 Å². The molecule has 0 saturated heterocycles. The molecule has 1 atom stereocenters. The summed E-state index contributed by atoms with van der Waals surface area (Å²) in [6.07, 6.45) is 4.78. The fourth-order valence-electron chi connectivity index (χ4n) is 3.92. The average molecular weight is 472 g/mol. The van der Waals surface area contributed by atoms with Crippen molar-refractivity contribution < 1.29 is 9.53 Å². The normalized spacial score (nSPS) is 21.2. The molecule has 6 nitrogen and oxygen atoms in total. The van der Waals surface area contributed by atoms with Crippen molar-refractivity contribution in [3.63, 3.8) is 0 Å². The molecule has 7 heteroatoms. The Kier molecular flexibility index (Phi) is 7.14. The first kappa shape index (κ1) is 20.8. The minimum Gasteiger partial charge on any atom is -0.493 e. The van der Waals surface area contributed by atoms with E-state index >= 15 is 0 Å². The molecule has 0 radical (unpaired) electrons. The van der Waals surface area contributed by atoms with E-state index < -0.39 is 0 Å². The van der Waals surface area contributed by atoms with Crippen LogP contribution in [0.4, 0.5) is 0 Å². The van der Waals surface area contributed by atoms with Gasteiger partial charge in [-0.1, -0.05) is 31.0 Å². The Labute approximate surface area is 172 Å². The van der Waals surface area contributed by atoms with Gasteiger partial charge in [0.05, 0.1) is 24.6 Å². The molecule has 144 valence electrons. The van der Waals surface area contributed by atoms with Gasteiger partial charge >= 0.3 is 0 Å². The Bertz CT molecular complexity index is 657. The maximum absolute atomic E-state index is 12.6. The number of ether oxygens (including phenoxy) is 1. The molecule has 1 aromatic carbocycles. The van der Waals surface area contributed by atoms with Gasteiger partial charge in [-0.15, -0.1) is 24.0 Å². The van der Waals surface area contributed by atoms with E-state index in [2.05, 4.69) is 10.3 Å². The lowest BCUT2D eigenvalue weighted by Crippen LogP contribution is -2.42. The Balaban J connectivity index is 0.00000243. The molecule has 1 fully saturated rings. The summed E-state index contributed by atoms with van der Waals surface area (Å²) in [5.41, 5.74) is 6.87. The summed E-state index contributed by atoms with van der Waals surface area (Å²) in [6.45, 7) is 1.11. The summed E-state index contributed by atoms with van der Waals surface area (Å²) >= 11 is 0. The van der Waals surface area contributed by atoms with E-state index in [1.807, 2.05) is 38.4 Å². The number of aliphatic imine (C=N–C) groups is 1. The Morgan fingerprint density at radius 3 is 2.73 bits per heavy atom. The largest absolute Gasteiger partial charge is 0.493 e. The average Bonchev–Trinajstić information content (AvgIpc) is 3.10. The molecule has 1 amide bonds. The number of fused-ring (bicyclic) bond motifs is 1. The van der Waals surface area contributed by atoms with Crippen molar-refractivity contribution in [3.8, 4) is 5.75 Å². The molecule has 1 aliphatic carbocycles. The highest BCUT2D eigenvalue weighted by Crippen LogP contribution is 2.39. The van der Waals surface area contributed by atoms with E-state index in [0.29, 0.717) is 19.1 Å². The zero-order chi connectivity index (χ0) is 17.9. The van der Waals surface area contributed by atoms with Gasteiger partial charge in [0.1, 0.15) is 5.75 Å². The number of nitrogens with zero attached hydrogens (tertiary/aromatic N) is 2. The minimum absolute atomic E-state index is 0. The van der Waals surface area contributed by atoms with E-state index in [9.17, 15) is 4.79 Å². The first-order chi connectivity index (χ1) is 12.0. The van der Waals surface area contributed by atoms with Gasteiger partial charge in [-0.2, -0.15) is 0 Å². The van der Waals surface area contributed by atoms with Crippen molar-refractivity contribution in [2.45, 2.75) is 38.1 Å². The molecule has 2 aliphatic rings. The highest BCUT2D eigenvalue weighted by Gasteiger charge is 2.42. The third-order valence-corrected chi connectivity index (χ3v) is 5.25. The topological polar surface area (TPSA) is 80.0 Å². The van der Waals surface area contributed by atoms with Crippen LogP contribution < -0.4 is 15.8 Å². The van der Waals surface area contributed by atoms with Crippen LogP contribution in [0.2, 0.25) is 0 Å². The molecule has 1 aliphatic heterocycles. The Hall–Kier alpha value is -1.51. The molecule has 1 heterocycles. The Morgan fingerprint density at radius 2 is 2.04 bits per heavy atom. The Morgan fingerprint density at radius 1 is 1.35 bits per heavy atom. The second-order valence-corrected chi connectivity index (χ2v) is 7.26. The van der Waals surface area contributed by atoms with Gasteiger partial charge in [-0.05, 0) is 18.9 Å². The quantitative estimate of drug-likeness (QED) is 0.401. The fraction of sp³-hybridized carbons (Fsp3) is 0.579. The molecular formula is C19H29IN4O2. The number of benzene rings is 1. The van der Waals surface area contributed by atoms with Crippen LogP contribution in [0.3, 0.4) is 0 Å². The second kappa shape index (κ2) is 8.92. The minimum atomic E-state index is -0.386. The van der Waals surface area contributed by atoms with E-state index in [4.69, 9.17) is 10.5 Å². The zero-order valence-electron chi connectivity index (χ0n) is 15.5. The number of hydrogen-bond acceptors (Lipinski definition) is 3. The third kappa shape index (κ3) is 4.42. The molecule has 26 heavy (non-hydrogen) atoms. The molecular weight excluding hydrogens is 443 g/mol. The lowest BCUT2D eigenvalue weighted by atomic mass is 9.85. The molecule has 1 saturated carbocycles. The maximum atomic E-state index is 12.6.